The Hall–Kier alpha value is -1.58. The van der Waals surface area contributed by atoms with Gasteiger partial charge in [0.25, 0.3) is 0 Å². The SMILES string of the molecule is CN(CC#CCN1CCCC1)C(=O)CCCCCNC(=O)CCN. The summed E-state index contributed by atoms with van der Waals surface area (Å²) in [5.74, 6) is 6.37. The molecule has 1 heterocycles. The lowest BCUT2D eigenvalue weighted by Crippen LogP contribution is -2.27. The maximum absolute atomic E-state index is 12.0. The molecule has 3 N–H and O–H groups in total. The van der Waals surface area contributed by atoms with Gasteiger partial charge in [-0.25, -0.2) is 0 Å². The maximum Gasteiger partial charge on any atom is 0.223 e. The van der Waals surface area contributed by atoms with E-state index in [-0.39, 0.29) is 11.8 Å². The summed E-state index contributed by atoms with van der Waals surface area (Å²) in [4.78, 5) is 27.2. The molecule has 1 rings (SSSR count). The van der Waals surface area contributed by atoms with Crippen molar-refractivity contribution in [2.24, 2.45) is 5.73 Å². The highest BCUT2D eigenvalue weighted by Gasteiger charge is 2.09. The normalized spacial score (nSPS) is 14.1. The van der Waals surface area contributed by atoms with Crippen molar-refractivity contribution in [2.75, 3.05) is 46.3 Å². The summed E-state index contributed by atoms with van der Waals surface area (Å²) in [5.41, 5.74) is 5.30. The monoisotopic (exact) mass is 336 g/mol. The number of carbonyl (C=O) groups excluding carboxylic acids is 2. The first-order valence-corrected chi connectivity index (χ1v) is 9.02. The van der Waals surface area contributed by atoms with Crippen LogP contribution in [0.25, 0.3) is 0 Å². The van der Waals surface area contributed by atoms with Crippen molar-refractivity contribution in [3.63, 3.8) is 0 Å². The number of unbranched alkanes of at least 4 members (excludes halogenated alkanes) is 2. The van der Waals surface area contributed by atoms with Crippen LogP contribution in [0.3, 0.4) is 0 Å². The third kappa shape index (κ3) is 9.53. The lowest BCUT2D eigenvalue weighted by molar-refractivity contribution is -0.129. The molecule has 0 aromatic heterocycles. The molecule has 1 aliphatic rings. The molecule has 6 heteroatoms. The number of carbonyl (C=O) groups is 2. The largest absolute Gasteiger partial charge is 0.356 e. The molecule has 0 aromatic carbocycles. The van der Waals surface area contributed by atoms with Crippen LogP contribution in [-0.4, -0.2) is 67.9 Å². The number of nitrogens with one attached hydrogen (secondary N) is 1. The van der Waals surface area contributed by atoms with Crippen LogP contribution in [-0.2, 0) is 9.59 Å². The average molecular weight is 336 g/mol. The Morgan fingerprint density at radius 1 is 1.12 bits per heavy atom. The highest BCUT2D eigenvalue weighted by molar-refractivity contribution is 5.76. The first-order chi connectivity index (χ1) is 11.6. The Balaban J connectivity index is 2.01. The van der Waals surface area contributed by atoms with Gasteiger partial charge in [-0.3, -0.25) is 14.5 Å². The molecule has 0 radical (unpaired) electrons. The summed E-state index contributed by atoms with van der Waals surface area (Å²) in [6.07, 6.45) is 6.14. The second kappa shape index (κ2) is 12.8. The first-order valence-electron chi connectivity index (χ1n) is 9.02. The Bertz CT molecular complexity index is 436. The molecule has 1 fully saturated rings. The van der Waals surface area contributed by atoms with Gasteiger partial charge in [0.05, 0.1) is 13.1 Å². The van der Waals surface area contributed by atoms with Crippen molar-refractivity contribution < 1.29 is 9.59 Å². The zero-order valence-corrected chi connectivity index (χ0v) is 15.0. The number of rotatable bonds is 10. The van der Waals surface area contributed by atoms with Gasteiger partial charge in [0.1, 0.15) is 0 Å². The predicted molar refractivity (Wildman–Crippen MR) is 96.2 cm³/mol. The van der Waals surface area contributed by atoms with Crippen LogP contribution in [0.1, 0.15) is 44.9 Å². The molecular formula is C18H32N4O2. The van der Waals surface area contributed by atoms with E-state index in [1.165, 1.54) is 12.8 Å². The number of hydrogen-bond donors (Lipinski definition) is 2. The Kier molecular flexibility index (Phi) is 10.9. The van der Waals surface area contributed by atoms with Crippen molar-refractivity contribution in [3.8, 4) is 11.8 Å². The van der Waals surface area contributed by atoms with Gasteiger partial charge >= 0.3 is 0 Å². The first kappa shape index (κ1) is 20.5. The minimum atomic E-state index is 0.000754. The molecule has 1 saturated heterocycles. The van der Waals surface area contributed by atoms with Crippen molar-refractivity contribution in [2.45, 2.75) is 44.9 Å². The van der Waals surface area contributed by atoms with Crippen LogP contribution in [0.5, 0.6) is 0 Å². The van der Waals surface area contributed by atoms with Crippen LogP contribution in [0.2, 0.25) is 0 Å². The summed E-state index contributed by atoms with van der Waals surface area (Å²) in [5, 5.41) is 2.82. The minimum absolute atomic E-state index is 0.000754. The summed E-state index contributed by atoms with van der Waals surface area (Å²) in [6.45, 7) is 4.66. The third-order valence-electron chi connectivity index (χ3n) is 4.13. The van der Waals surface area contributed by atoms with E-state index in [2.05, 4.69) is 22.1 Å². The van der Waals surface area contributed by atoms with Crippen LogP contribution in [0, 0.1) is 11.8 Å². The summed E-state index contributed by atoms with van der Waals surface area (Å²) in [6, 6.07) is 0. The van der Waals surface area contributed by atoms with Crippen molar-refractivity contribution in [3.05, 3.63) is 0 Å². The van der Waals surface area contributed by atoms with Crippen molar-refractivity contribution in [1.82, 2.24) is 15.1 Å². The van der Waals surface area contributed by atoms with Gasteiger partial charge in [0.15, 0.2) is 0 Å². The Labute approximate surface area is 146 Å². The molecule has 0 aliphatic carbocycles. The molecule has 2 amide bonds. The maximum atomic E-state index is 12.0. The number of amides is 2. The van der Waals surface area contributed by atoms with Gasteiger partial charge in [-0.2, -0.15) is 0 Å². The molecule has 0 aromatic rings. The van der Waals surface area contributed by atoms with E-state index in [0.29, 0.717) is 32.5 Å². The van der Waals surface area contributed by atoms with Crippen LogP contribution >= 0.6 is 0 Å². The van der Waals surface area contributed by atoms with E-state index in [0.717, 1.165) is 38.9 Å². The van der Waals surface area contributed by atoms with Crippen molar-refractivity contribution in [1.29, 1.82) is 0 Å². The zero-order chi connectivity index (χ0) is 17.6. The quantitative estimate of drug-likeness (QED) is 0.452. The molecule has 0 bridgehead atoms. The smallest absolute Gasteiger partial charge is 0.223 e. The van der Waals surface area contributed by atoms with Gasteiger partial charge < -0.3 is 16.0 Å². The lowest BCUT2D eigenvalue weighted by atomic mass is 10.2. The fraction of sp³-hybridized carbons (Fsp3) is 0.778. The summed E-state index contributed by atoms with van der Waals surface area (Å²) in [7, 11) is 1.81. The third-order valence-corrected chi connectivity index (χ3v) is 4.13. The van der Waals surface area contributed by atoms with Gasteiger partial charge in [0.2, 0.25) is 11.8 Å². The van der Waals surface area contributed by atoms with E-state index in [4.69, 9.17) is 5.73 Å². The lowest BCUT2D eigenvalue weighted by Gasteiger charge is -2.14. The molecule has 0 unspecified atom stereocenters. The minimum Gasteiger partial charge on any atom is -0.356 e. The Morgan fingerprint density at radius 3 is 2.58 bits per heavy atom. The van der Waals surface area contributed by atoms with E-state index >= 15 is 0 Å². The summed E-state index contributed by atoms with van der Waals surface area (Å²) >= 11 is 0. The molecule has 136 valence electrons. The van der Waals surface area contributed by atoms with Crippen LogP contribution in [0.4, 0.5) is 0 Å². The molecular weight excluding hydrogens is 304 g/mol. The molecule has 0 spiro atoms. The molecule has 0 saturated carbocycles. The van der Waals surface area contributed by atoms with E-state index in [9.17, 15) is 9.59 Å². The standard InChI is InChI=1S/C18H32N4O2/c1-21(13-5-6-14-22-15-7-8-16-22)18(24)9-3-2-4-12-20-17(23)10-11-19/h2-4,7-16,19H2,1H3,(H,20,23). The number of nitrogens with two attached hydrogens (primary N) is 1. The topological polar surface area (TPSA) is 78.7 Å². The average Bonchev–Trinajstić information content (AvgIpc) is 3.08. The second-order valence-corrected chi connectivity index (χ2v) is 6.29. The number of likely N-dealkylation sites (tertiary alicyclic amines) is 1. The predicted octanol–water partition coefficient (Wildman–Crippen LogP) is 0.569. The highest BCUT2D eigenvalue weighted by Crippen LogP contribution is 2.05. The van der Waals surface area contributed by atoms with Gasteiger partial charge in [0, 0.05) is 33.0 Å². The van der Waals surface area contributed by atoms with E-state index in [1.54, 1.807) is 11.9 Å². The Morgan fingerprint density at radius 2 is 1.88 bits per heavy atom. The van der Waals surface area contributed by atoms with Gasteiger partial charge in [-0.05, 0) is 38.8 Å². The number of nitrogens with zero attached hydrogens (tertiary/aromatic N) is 2. The second-order valence-electron chi connectivity index (χ2n) is 6.29. The molecule has 24 heavy (non-hydrogen) atoms. The van der Waals surface area contributed by atoms with Crippen LogP contribution < -0.4 is 11.1 Å². The zero-order valence-electron chi connectivity index (χ0n) is 15.0. The summed E-state index contributed by atoms with van der Waals surface area (Å²) < 4.78 is 0. The van der Waals surface area contributed by atoms with E-state index in [1.807, 2.05) is 0 Å². The van der Waals surface area contributed by atoms with Crippen molar-refractivity contribution >= 4 is 11.8 Å². The molecule has 1 aliphatic heterocycles. The number of hydrogen-bond acceptors (Lipinski definition) is 4. The fourth-order valence-electron chi connectivity index (χ4n) is 2.59. The van der Waals surface area contributed by atoms with E-state index < -0.39 is 0 Å². The highest BCUT2D eigenvalue weighted by atomic mass is 16.2. The fourth-order valence-corrected chi connectivity index (χ4v) is 2.59. The molecule has 0 atom stereocenters. The van der Waals surface area contributed by atoms with Crippen LogP contribution in [0.15, 0.2) is 0 Å². The van der Waals surface area contributed by atoms with Gasteiger partial charge in [-0.1, -0.05) is 18.3 Å². The molecule has 6 nitrogen and oxygen atoms in total. The van der Waals surface area contributed by atoms with Gasteiger partial charge in [-0.15, -0.1) is 0 Å².